The number of nitrogens with one attached hydrogen (secondary N) is 1. The number of hydrogen-bond acceptors (Lipinski definition) is 5. The molecule has 166 valence electrons. The van der Waals surface area contributed by atoms with Crippen LogP contribution in [-0.4, -0.2) is 47.9 Å². The van der Waals surface area contributed by atoms with Crippen molar-refractivity contribution in [3.8, 4) is 0 Å². The summed E-state index contributed by atoms with van der Waals surface area (Å²) >= 11 is 5.90. The van der Waals surface area contributed by atoms with Gasteiger partial charge in [0.05, 0.1) is 24.3 Å². The number of amides is 4. The first-order valence-corrected chi connectivity index (χ1v) is 10.3. The topological polar surface area (TPSA) is 96.0 Å². The molecule has 8 nitrogen and oxygen atoms in total. The number of nitrogens with zero attached hydrogens (tertiary/aromatic N) is 2. The molecule has 9 heteroatoms. The summed E-state index contributed by atoms with van der Waals surface area (Å²) in [6.07, 6.45) is 1.23. The van der Waals surface area contributed by atoms with Gasteiger partial charge in [-0.15, -0.1) is 6.58 Å². The summed E-state index contributed by atoms with van der Waals surface area (Å²) in [7, 11) is 0. The molecule has 2 aromatic rings. The summed E-state index contributed by atoms with van der Waals surface area (Å²) in [6, 6.07) is 11.0. The zero-order valence-electron chi connectivity index (χ0n) is 17.4. The summed E-state index contributed by atoms with van der Waals surface area (Å²) in [5.41, 5.74) is 1.03. The van der Waals surface area contributed by atoms with Gasteiger partial charge >= 0.3 is 12.0 Å². The number of hydrogen-bond donors (Lipinski definition) is 1. The summed E-state index contributed by atoms with van der Waals surface area (Å²) < 4.78 is 4.96. The smallest absolute Gasteiger partial charge is 0.338 e. The molecule has 2 aromatic carbocycles. The summed E-state index contributed by atoms with van der Waals surface area (Å²) in [5.74, 6) is -1.50. The molecule has 0 radical (unpaired) electrons. The molecule has 0 saturated carbocycles. The molecule has 3 rings (SSSR count). The molecule has 0 aromatic heterocycles. The molecule has 1 aliphatic rings. The lowest BCUT2D eigenvalue weighted by atomic mass is 10.1. The Morgan fingerprint density at radius 3 is 2.56 bits per heavy atom. The lowest BCUT2D eigenvalue weighted by Crippen LogP contribution is -2.38. The molecule has 1 aliphatic heterocycles. The Hall–Kier alpha value is -3.65. The molecular weight excluding hydrogens is 434 g/mol. The van der Waals surface area contributed by atoms with E-state index >= 15 is 0 Å². The number of anilines is 2. The zero-order valence-corrected chi connectivity index (χ0v) is 18.2. The minimum atomic E-state index is -0.996. The maximum absolute atomic E-state index is 13.0. The maximum Gasteiger partial charge on any atom is 0.338 e. The highest BCUT2D eigenvalue weighted by atomic mass is 35.5. The van der Waals surface area contributed by atoms with Gasteiger partial charge in [-0.25, -0.2) is 14.5 Å². The minimum Gasteiger partial charge on any atom is -0.462 e. The van der Waals surface area contributed by atoms with Crippen LogP contribution in [0.1, 0.15) is 23.7 Å². The Labute approximate surface area is 190 Å². The molecule has 32 heavy (non-hydrogen) atoms. The Balaban J connectivity index is 1.76. The van der Waals surface area contributed by atoms with Gasteiger partial charge in [0.2, 0.25) is 5.91 Å². The highest BCUT2D eigenvalue weighted by Gasteiger charge is 2.46. The molecule has 0 spiro atoms. The lowest BCUT2D eigenvalue weighted by molar-refractivity contribution is -0.124. The maximum atomic E-state index is 13.0. The summed E-state index contributed by atoms with van der Waals surface area (Å²) in [6.45, 7) is 5.67. The summed E-state index contributed by atoms with van der Waals surface area (Å²) in [5, 5.41) is 3.14. The molecule has 1 N–H and O–H groups in total. The SMILES string of the molecule is C=CCN1C(=O)N(c2ccc(Cl)cc2)C(=O)[C@@H]1CC(=O)Nc1cccc(C(=O)OCC)c1. The van der Waals surface area contributed by atoms with E-state index in [4.69, 9.17) is 16.3 Å². The van der Waals surface area contributed by atoms with Gasteiger partial charge in [-0.3, -0.25) is 9.59 Å². The van der Waals surface area contributed by atoms with Crippen molar-refractivity contribution in [2.24, 2.45) is 0 Å². The van der Waals surface area contributed by atoms with Gasteiger partial charge in [0, 0.05) is 17.3 Å². The fourth-order valence-electron chi connectivity index (χ4n) is 3.33. The van der Waals surface area contributed by atoms with Crippen molar-refractivity contribution in [1.82, 2.24) is 4.90 Å². The van der Waals surface area contributed by atoms with Crippen LogP contribution in [-0.2, 0) is 14.3 Å². The second kappa shape index (κ2) is 10.1. The fraction of sp³-hybridized carbons (Fsp3) is 0.217. The number of carbonyl (C=O) groups excluding carboxylic acids is 4. The number of imide groups is 1. The van der Waals surface area contributed by atoms with E-state index in [2.05, 4.69) is 11.9 Å². The zero-order chi connectivity index (χ0) is 23.3. The van der Waals surface area contributed by atoms with E-state index in [0.717, 1.165) is 4.90 Å². The first-order chi connectivity index (χ1) is 15.3. The third kappa shape index (κ3) is 4.97. The number of rotatable bonds is 8. The monoisotopic (exact) mass is 455 g/mol. The van der Waals surface area contributed by atoms with Crippen LogP contribution in [0.15, 0.2) is 61.2 Å². The van der Waals surface area contributed by atoms with Crippen molar-refractivity contribution < 1.29 is 23.9 Å². The van der Waals surface area contributed by atoms with Crippen LogP contribution in [0.25, 0.3) is 0 Å². The van der Waals surface area contributed by atoms with E-state index in [1.807, 2.05) is 0 Å². The normalized spacial score (nSPS) is 15.6. The van der Waals surface area contributed by atoms with Crippen LogP contribution in [0.4, 0.5) is 16.2 Å². The third-order valence-electron chi connectivity index (χ3n) is 4.77. The van der Waals surface area contributed by atoms with Crippen molar-refractivity contribution in [3.05, 3.63) is 71.8 Å². The predicted molar refractivity (Wildman–Crippen MR) is 121 cm³/mol. The van der Waals surface area contributed by atoms with Crippen LogP contribution in [0.2, 0.25) is 5.02 Å². The first-order valence-electron chi connectivity index (χ1n) is 9.93. The average Bonchev–Trinajstić information content (AvgIpc) is 2.99. The van der Waals surface area contributed by atoms with E-state index < -0.39 is 29.9 Å². The van der Waals surface area contributed by atoms with Crippen LogP contribution in [0, 0.1) is 0 Å². The number of carbonyl (C=O) groups is 4. The van der Waals surface area contributed by atoms with Gasteiger partial charge in [-0.1, -0.05) is 23.7 Å². The summed E-state index contributed by atoms with van der Waals surface area (Å²) in [4.78, 5) is 52.8. The fourth-order valence-corrected chi connectivity index (χ4v) is 3.46. The Kier molecular flexibility index (Phi) is 7.27. The standard InChI is InChI=1S/C23H22ClN3O5/c1-3-12-26-19(21(29)27(23(26)31)18-10-8-16(24)9-11-18)14-20(28)25-17-7-5-6-15(13-17)22(30)32-4-2/h3,5-11,13,19H,1,4,12,14H2,2H3,(H,25,28)/t19-/m0/s1. The molecule has 1 heterocycles. The molecule has 1 atom stereocenters. The first kappa shape index (κ1) is 23.0. The Bertz CT molecular complexity index is 1050. The molecule has 0 bridgehead atoms. The van der Waals surface area contributed by atoms with Crippen LogP contribution >= 0.6 is 11.6 Å². The molecule has 0 aliphatic carbocycles. The minimum absolute atomic E-state index is 0.102. The molecule has 1 fully saturated rings. The highest BCUT2D eigenvalue weighted by Crippen LogP contribution is 2.28. The van der Waals surface area contributed by atoms with E-state index in [1.54, 1.807) is 49.4 Å². The van der Waals surface area contributed by atoms with Gasteiger partial charge in [0.1, 0.15) is 6.04 Å². The third-order valence-corrected chi connectivity index (χ3v) is 5.02. The number of halogens is 1. The predicted octanol–water partition coefficient (Wildman–Crippen LogP) is 3.87. The number of esters is 1. The van der Waals surface area contributed by atoms with Gasteiger partial charge in [0.15, 0.2) is 0 Å². The van der Waals surface area contributed by atoms with Crippen molar-refractivity contribution in [2.45, 2.75) is 19.4 Å². The van der Waals surface area contributed by atoms with Crippen molar-refractivity contribution in [1.29, 1.82) is 0 Å². The van der Waals surface area contributed by atoms with Crippen LogP contribution in [0.5, 0.6) is 0 Å². The van der Waals surface area contributed by atoms with Gasteiger partial charge in [0.25, 0.3) is 5.91 Å². The number of benzene rings is 2. The number of ether oxygens (including phenoxy) is 1. The highest BCUT2D eigenvalue weighted by molar-refractivity contribution is 6.30. The molecule has 0 unspecified atom stereocenters. The molecule has 4 amide bonds. The second-order valence-corrected chi connectivity index (χ2v) is 7.38. The van der Waals surface area contributed by atoms with Gasteiger partial charge in [-0.05, 0) is 49.4 Å². The Morgan fingerprint density at radius 1 is 1.19 bits per heavy atom. The lowest BCUT2D eigenvalue weighted by Gasteiger charge is -2.19. The quantitative estimate of drug-likeness (QED) is 0.370. The van der Waals surface area contributed by atoms with Crippen molar-refractivity contribution in [3.63, 3.8) is 0 Å². The van der Waals surface area contributed by atoms with E-state index in [-0.39, 0.29) is 19.6 Å². The molecular formula is C23H22ClN3O5. The van der Waals surface area contributed by atoms with Crippen LogP contribution in [0.3, 0.4) is 0 Å². The van der Waals surface area contributed by atoms with E-state index in [9.17, 15) is 19.2 Å². The average molecular weight is 456 g/mol. The van der Waals surface area contributed by atoms with Crippen molar-refractivity contribution >= 4 is 46.8 Å². The largest absolute Gasteiger partial charge is 0.462 e. The van der Waals surface area contributed by atoms with E-state index in [1.165, 1.54) is 17.0 Å². The van der Waals surface area contributed by atoms with Crippen LogP contribution < -0.4 is 10.2 Å². The van der Waals surface area contributed by atoms with Crippen molar-refractivity contribution in [2.75, 3.05) is 23.4 Å². The van der Waals surface area contributed by atoms with Gasteiger partial charge in [-0.2, -0.15) is 0 Å². The van der Waals surface area contributed by atoms with E-state index in [0.29, 0.717) is 22.0 Å². The Morgan fingerprint density at radius 2 is 1.91 bits per heavy atom. The second-order valence-electron chi connectivity index (χ2n) is 6.94. The number of urea groups is 1. The van der Waals surface area contributed by atoms with Gasteiger partial charge < -0.3 is 15.0 Å². The molecule has 1 saturated heterocycles.